The topological polar surface area (TPSA) is 59.0 Å². The third kappa shape index (κ3) is 3.17. The molecule has 0 saturated heterocycles. The van der Waals surface area contributed by atoms with Crippen molar-refractivity contribution in [3.8, 4) is 11.5 Å². The van der Waals surface area contributed by atoms with Gasteiger partial charge in [-0.3, -0.25) is 9.69 Å². The van der Waals surface area contributed by atoms with E-state index in [-0.39, 0.29) is 12.6 Å². The van der Waals surface area contributed by atoms with Crippen LogP contribution in [0.2, 0.25) is 0 Å². The molecule has 1 aliphatic heterocycles. The van der Waals surface area contributed by atoms with E-state index in [9.17, 15) is 4.79 Å². The first-order chi connectivity index (χ1) is 8.99. The summed E-state index contributed by atoms with van der Waals surface area (Å²) in [7, 11) is 3.39. The van der Waals surface area contributed by atoms with E-state index in [0.29, 0.717) is 6.54 Å². The molecule has 1 N–H and O–H groups in total. The lowest BCUT2D eigenvalue weighted by Crippen LogP contribution is -2.25. The highest BCUT2D eigenvalue weighted by molar-refractivity contribution is 5.69. The number of hydrogen-bond acceptors (Lipinski definition) is 4. The van der Waals surface area contributed by atoms with E-state index in [1.807, 2.05) is 19.1 Å². The van der Waals surface area contributed by atoms with Crippen molar-refractivity contribution in [1.82, 2.24) is 4.90 Å². The summed E-state index contributed by atoms with van der Waals surface area (Å²) in [6.45, 7) is 2.54. The van der Waals surface area contributed by atoms with Crippen molar-refractivity contribution in [2.24, 2.45) is 0 Å². The number of carboxylic acids is 1. The highest BCUT2D eigenvalue weighted by atomic mass is 16.5. The molecule has 1 aliphatic rings. The fourth-order valence-electron chi connectivity index (χ4n) is 2.37. The zero-order chi connectivity index (χ0) is 14.0. The van der Waals surface area contributed by atoms with Crippen LogP contribution in [0.25, 0.3) is 0 Å². The Balaban J connectivity index is 2.20. The van der Waals surface area contributed by atoms with Crippen LogP contribution in [0.1, 0.15) is 18.1 Å². The maximum atomic E-state index is 10.7. The van der Waals surface area contributed by atoms with Crippen LogP contribution in [0.3, 0.4) is 0 Å². The first-order valence-electron chi connectivity index (χ1n) is 6.26. The maximum absolute atomic E-state index is 10.7. The predicted octanol–water partition coefficient (Wildman–Crippen LogP) is 1.53. The van der Waals surface area contributed by atoms with Crippen molar-refractivity contribution in [2.75, 3.05) is 20.7 Å². The van der Waals surface area contributed by atoms with Crippen molar-refractivity contribution in [3.05, 3.63) is 23.3 Å². The highest BCUT2D eigenvalue weighted by Gasteiger charge is 2.22. The molecule has 0 amide bonds. The van der Waals surface area contributed by atoms with E-state index >= 15 is 0 Å². The second kappa shape index (κ2) is 5.48. The van der Waals surface area contributed by atoms with Gasteiger partial charge in [-0.15, -0.1) is 0 Å². The lowest BCUT2D eigenvalue weighted by molar-refractivity contribution is -0.138. The van der Waals surface area contributed by atoms with Crippen LogP contribution in [0.15, 0.2) is 12.1 Å². The van der Waals surface area contributed by atoms with Crippen molar-refractivity contribution in [2.45, 2.75) is 26.0 Å². The molecule has 0 spiro atoms. The number of likely N-dealkylation sites (N-methyl/N-ethyl adjacent to an activating group) is 1. The summed E-state index contributed by atoms with van der Waals surface area (Å²) in [6, 6.07) is 3.94. The number of methoxy groups -OCH3 is 1. The quantitative estimate of drug-likeness (QED) is 0.875. The van der Waals surface area contributed by atoms with Gasteiger partial charge >= 0.3 is 5.97 Å². The SMILES string of the molecule is COc1cc2c(cc1CN(C)CC(=O)O)OC(C)C2. The van der Waals surface area contributed by atoms with Gasteiger partial charge in [-0.1, -0.05) is 0 Å². The molecule has 1 aromatic rings. The first-order valence-corrected chi connectivity index (χ1v) is 6.26. The Kier molecular flexibility index (Phi) is 3.95. The lowest BCUT2D eigenvalue weighted by Gasteiger charge is -2.17. The zero-order valence-electron chi connectivity index (χ0n) is 11.5. The van der Waals surface area contributed by atoms with Gasteiger partial charge in [0.25, 0.3) is 0 Å². The van der Waals surface area contributed by atoms with Gasteiger partial charge in [0.15, 0.2) is 0 Å². The van der Waals surface area contributed by atoms with Gasteiger partial charge in [-0.2, -0.15) is 0 Å². The van der Waals surface area contributed by atoms with Gasteiger partial charge in [-0.05, 0) is 26.1 Å². The van der Waals surface area contributed by atoms with Crippen molar-refractivity contribution >= 4 is 5.97 Å². The molecule has 0 aliphatic carbocycles. The summed E-state index contributed by atoms with van der Waals surface area (Å²) in [5.41, 5.74) is 2.09. The van der Waals surface area contributed by atoms with Gasteiger partial charge < -0.3 is 14.6 Å². The van der Waals surface area contributed by atoms with Crippen LogP contribution in [-0.2, 0) is 17.8 Å². The molecular formula is C14H19NO4. The summed E-state index contributed by atoms with van der Waals surface area (Å²) >= 11 is 0. The van der Waals surface area contributed by atoms with Gasteiger partial charge in [0.2, 0.25) is 0 Å². The Morgan fingerprint density at radius 3 is 2.95 bits per heavy atom. The second-order valence-electron chi connectivity index (χ2n) is 4.97. The Bertz CT molecular complexity index is 487. The Morgan fingerprint density at radius 1 is 1.58 bits per heavy atom. The van der Waals surface area contributed by atoms with E-state index in [2.05, 4.69) is 0 Å². The summed E-state index contributed by atoms with van der Waals surface area (Å²) in [4.78, 5) is 12.4. The predicted molar refractivity (Wildman–Crippen MR) is 70.8 cm³/mol. The molecule has 1 aromatic carbocycles. The largest absolute Gasteiger partial charge is 0.496 e. The van der Waals surface area contributed by atoms with Crippen LogP contribution >= 0.6 is 0 Å². The van der Waals surface area contributed by atoms with Crippen LogP contribution in [0.5, 0.6) is 11.5 Å². The summed E-state index contributed by atoms with van der Waals surface area (Å²) in [6.07, 6.45) is 1.07. The normalized spacial score (nSPS) is 17.2. The van der Waals surface area contributed by atoms with E-state index in [4.69, 9.17) is 14.6 Å². The minimum Gasteiger partial charge on any atom is -0.496 e. The molecule has 0 fully saturated rings. The molecule has 0 bridgehead atoms. The first kappa shape index (κ1) is 13.7. The number of fused-ring (bicyclic) bond motifs is 1. The number of nitrogens with zero attached hydrogens (tertiary/aromatic N) is 1. The van der Waals surface area contributed by atoms with Gasteiger partial charge in [0.1, 0.15) is 17.6 Å². The fourth-order valence-corrected chi connectivity index (χ4v) is 2.37. The molecule has 104 valence electrons. The van der Waals surface area contributed by atoms with Crippen LogP contribution in [-0.4, -0.2) is 42.8 Å². The highest BCUT2D eigenvalue weighted by Crippen LogP contribution is 2.35. The van der Waals surface area contributed by atoms with Crippen LogP contribution in [0, 0.1) is 0 Å². The average Bonchev–Trinajstić information content (AvgIpc) is 2.65. The van der Waals surface area contributed by atoms with E-state index in [1.54, 1.807) is 19.1 Å². The molecule has 5 heteroatoms. The number of ether oxygens (including phenoxy) is 2. The van der Waals surface area contributed by atoms with Crippen molar-refractivity contribution < 1.29 is 19.4 Å². The number of benzene rings is 1. The van der Waals surface area contributed by atoms with Crippen molar-refractivity contribution in [3.63, 3.8) is 0 Å². The molecular weight excluding hydrogens is 246 g/mol. The number of carbonyl (C=O) groups is 1. The molecule has 0 saturated carbocycles. The summed E-state index contributed by atoms with van der Waals surface area (Å²) in [5.74, 6) is 0.827. The number of carboxylic acid groups (broad SMARTS) is 1. The third-order valence-corrected chi connectivity index (χ3v) is 3.14. The number of rotatable bonds is 5. The summed E-state index contributed by atoms with van der Waals surface area (Å²) in [5, 5.41) is 8.78. The molecule has 1 atom stereocenters. The molecule has 19 heavy (non-hydrogen) atoms. The minimum absolute atomic E-state index is 0.00248. The summed E-state index contributed by atoms with van der Waals surface area (Å²) < 4.78 is 11.1. The maximum Gasteiger partial charge on any atom is 0.317 e. The fraction of sp³-hybridized carbons (Fsp3) is 0.500. The number of hydrogen-bond donors (Lipinski definition) is 1. The van der Waals surface area contributed by atoms with E-state index < -0.39 is 5.97 Å². The van der Waals surface area contributed by atoms with E-state index in [0.717, 1.165) is 29.0 Å². The number of aliphatic carboxylic acids is 1. The van der Waals surface area contributed by atoms with Gasteiger partial charge in [-0.25, -0.2) is 0 Å². The average molecular weight is 265 g/mol. The molecule has 1 unspecified atom stereocenters. The molecule has 0 aromatic heterocycles. The molecule has 1 heterocycles. The molecule has 5 nitrogen and oxygen atoms in total. The molecule has 0 radical (unpaired) electrons. The van der Waals surface area contributed by atoms with Crippen LogP contribution < -0.4 is 9.47 Å². The van der Waals surface area contributed by atoms with Gasteiger partial charge in [0, 0.05) is 24.1 Å². The van der Waals surface area contributed by atoms with Gasteiger partial charge in [0.05, 0.1) is 13.7 Å². The van der Waals surface area contributed by atoms with Crippen molar-refractivity contribution in [1.29, 1.82) is 0 Å². The molecule has 2 rings (SSSR count). The zero-order valence-corrected chi connectivity index (χ0v) is 11.5. The van der Waals surface area contributed by atoms with Crippen LogP contribution in [0.4, 0.5) is 0 Å². The smallest absolute Gasteiger partial charge is 0.317 e. The minimum atomic E-state index is -0.840. The van der Waals surface area contributed by atoms with E-state index in [1.165, 1.54) is 0 Å². The third-order valence-electron chi connectivity index (χ3n) is 3.14. The second-order valence-corrected chi connectivity index (χ2v) is 4.97. The standard InChI is InChI=1S/C14H19NO4/c1-9-4-10-5-12(18-3)11(6-13(10)19-9)7-15(2)8-14(16)17/h5-6,9H,4,7-8H2,1-3H3,(H,16,17). The monoisotopic (exact) mass is 265 g/mol. The lowest BCUT2D eigenvalue weighted by atomic mass is 10.1. The Labute approximate surface area is 112 Å². The Morgan fingerprint density at radius 2 is 2.32 bits per heavy atom. The Hall–Kier alpha value is -1.75.